The van der Waals surface area contributed by atoms with Crippen LogP contribution in [0.2, 0.25) is 0 Å². The smallest absolute Gasteiger partial charge is 0.0928 e. The van der Waals surface area contributed by atoms with Crippen molar-refractivity contribution in [2.24, 2.45) is 5.92 Å². The van der Waals surface area contributed by atoms with E-state index in [0.29, 0.717) is 18.6 Å². The van der Waals surface area contributed by atoms with Gasteiger partial charge in [-0.05, 0) is 70.6 Å². The van der Waals surface area contributed by atoms with Gasteiger partial charge in [-0.2, -0.15) is 5.10 Å². The average molecular weight is 382 g/mol. The molecule has 0 atom stereocenters. The van der Waals surface area contributed by atoms with E-state index in [1.165, 1.54) is 5.70 Å². The molecule has 2 heterocycles. The quantitative estimate of drug-likeness (QED) is 0.830. The molecule has 0 saturated heterocycles. The molecule has 2 aliphatic rings. The SMILES string of the molecule is CC1=CC=CCN1c1cc2cn(C3CCC(CO)CC3)nc2cc1C(C)(C)O. The molecule has 1 fully saturated rings. The fourth-order valence-corrected chi connectivity index (χ4v) is 4.47. The van der Waals surface area contributed by atoms with E-state index in [4.69, 9.17) is 5.10 Å². The Kier molecular flexibility index (Phi) is 5.06. The highest BCUT2D eigenvalue weighted by Crippen LogP contribution is 2.38. The Morgan fingerprint density at radius 1 is 1.18 bits per heavy atom. The van der Waals surface area contributed by atoms with Gasteiger partial charge in [-0.25, -0.2) is 0 Å². The van der Waals surface area contributed by atoms with Gasteiger partial charge >= 0.3 is 0 Å². The van der Waals surface area contributed by atoms with Gasteiger partial charge in [0.1, 0.15) is 0 Å². The minimum Gasteiger partial charge on any atom is -0.396 e. The summed E-state index contributed by atoms with van der Waals surface area (Å²) in [6.07, 6.45) is 12.7. The van der Waals surface area contributed by atoms with Gasteiger partial charge < -0.3 is 15.1 Å². The molecule has 1 saturated carbocycles. The number of hydrogen-bond acceptors (Lipinski definition) is 4. The second-order valence-corrected chi connectivity index (χ2v) is 8.80. The van der Waals surface area contributed by atoms with E-state index in [2.05, 4.69) is 47.0 Å². The lowest BCUT2D eigenvalue weighted by molar-refractivity contribution is 0.0792. The number of anilines is 1. The summed E-state index contributed by atoms with van der Waals surface area (Å²) < 4.78 is 2.11. The fraction of sp³-hybridized carbons (Fsp3) is 0.522. The summed E-state index contributed by atoms with van der Waals surface area (Å²) in [5.74, 6) is 0.441. The summed E-state index contributed by atoms with van der Waals surface area (Å²) in [7, 11) is 0. The second-order valence-electron chi connectivity index (χ2n) is 8.80. The molecular weight excluding hydrogens is 350 g/mol. The van der Waals surface area contributed by atoms with Crippen molar-refractivity contribution < 1.29 is 10.2 Å². The normalized spacial score (nSPS) is 23.3. The molecule has 0 amide bonds. The molecule has 1 aromatic carbocycles. The van der Waals surface area contributed by atoms with Crippen LogP contribution in [0, 0.1) is 5.92 Å². The molecule has 28 heavy (non-hydrogen) atoms. The molecule has 5 nitrogen and oxygen atoms in total. The van der Waals surface area contributed by atoms with Crippen molar-refractivity contribution in [3.05, 3.63) is 47.8 Å². The highest BCUT2D eigenvalue weighted by Gasteiger charge is 2.27. The molecule has 2 N–H and O–H groups in total. The lowest BCUT2D eigenvalue weighted by Gasteiger charge is -2.32. The summed E-state index contributed by atoms with van der Waals surface area (Å²) in [6.45, 7) is 6.87. The first-order valence-corrected chi connectivity index (χ1v) is 10.3. The van der Waals surface area contributed by atoms with Crippen molar-refractivity contribution in [2.45, 2.75) is 58.1 Å². The topological polar surface area (TPSA) is 61.5 Å². The molecule has 0 bridgehead atoms. The molecule has 4 rings (SSSR count). The zero-order chi connectivity index (χ0) is 19.9. The second kappa shape index (κ2) is 7.37. The summed E-state index contributed by atoms with van der Waals surface area (Å²) in [5, 5.41) is 26.2. The fourth-order valence-electron chi connectivity index (χ4n) is 4.47. The third-order valence-electron chi connectivity index (χ3n) is 6.23. The van der Waals surface area contributed by atoms with Gasteiger partial charge in [0.15, 0.2) is 0 Å². The van der Waals surface area contributed by atoms with Crippen LogP contribution >= 0.6 is 0 Å². The Labute approximate surface area is 167 Å². The Morgan fingerprint density at radius 3 is 2.57 bits per heavy atom. The zero-order valence-electron chi connectivity index (χ0n) is 17.1. The molecule has 0 spiro atoms. The van der Waals surface area contributed by atoms with Crippen LogP contribution in [-0.4, -0.2) is 33.1 Å². The lowest BCUT2D eigenvalue weighted by atomic mass is 9.87. The standard InChI is InChI=1S/C23H31N3O2/c1-16-6-4-5-11-25(16)22-12-18-14-26(19-9-7-17(15-27)8-10-19)24-21(18)13-20(22)23(2,3)28/h4-6,12-14,17,19,27-28H,7-11,15H2,1-3H3. The van der Waals surface area contributed by atoms with Gasteiger partial charge in [-0.1, -0.05) is 12.2 Å². The van der Waals surface area contributed by atoms with E-state index in [1.54, 1.807) is 0 Å². The minimum atomic E-state index is -0.950. The van der Waals surface area contributed by atoms with Crippen LogP contribution in [0.3, 0.4) is 0 Å². The van der Waals surface area contributed by atoms with Gasteiger partial charge in [0.25, 0.3) is 0 Å². The Hall–Kier alpha value is -2.11. The van der Waals surface area contributed by atoms with Crippen LogP contribution in [0.15, 0.2) is 42.3 Å². The first-order valence-electron chi connectivity index (χ1n) is 10.3. The molecule has 1 aromatic heterocycles. The highest BCUT2D eigenvalue weighted by molar-refractivity contribution is 5.85. The van der Waals surface area contributed by atoms with E-state index < -0.39 is 5.60 Å². The highest BCUT2D eigenvalue weighted by atomic mass is 16.3. The van der Waals surface area contributed by atoms with Gasteiger partial charge in [0.2, 0.25) is 0 Å². The lowest BCUT2D eigenvalue weighted by Crippen LogP contribution is -2.27. The molecule has 150 valence electrons. The zero-order valence-corrected chi connectivity index (χ0v) is 17.1. The molecule has 1 aliphatic carbocycles. The first kappa shape index (κ1) is 19.2. The monoisotopic (exact) mass is 381 g/mol. The molecule has 0 unspecified atom stereocenters. The maximum absolute atomic E-state index is 10.8. The number of aliphatic hydroxyl groups excluding tert-OH is 1. The van der Waals surface area contributed by atoms with Crippen molar-refractivity contribution in [1.29, 1.82) is 0 Å². The van der Waals surface area contributed by atoms with Crippen LogP contribution in [-0.2, 0) is 5.60 Å². The predicted molar refractivity (Wildman–Crippen MR) is 113 cm³/mol. The molecule has 1 aliphatic heterocycles. The molecule has 2 aromatic rings. The summed E-state index contributed by atoms with van der Waals surface area (Å²) in [4.78, 5) is 2.25. The maximum Gasteiger partial charge on any atom is 0.0928 e. The van der Waals surface area contributed by atoms with Crippen LogP contribution in [0.1, 0.15) is 58.1 Å². The van der Waals surface area contributed by atoms with Crippen LogP contribution in [0.5, 0.6) is 0 Å². The third kappa shape index (κ3) is 3.61. The largest absolute Gasteiger partial charge is 0.396 e. The van der Waals surface area contributed by atoms with Crippen molar-refractivity contribution in [2.75, 3.05) is 18.1 Å². The van der Waals surface area contributed by atoms with Crippen LogP contribution < -0.4 is 4.90 Å². The number of aromatic nitrogens is 2. The van der Waals surface area contributed by atoms with E-state index >= 15 is 0 Å². The molecule has 0 radical (unpaired) electrons. The average Bonchev–Trinajstić information content (AvgIpc) is 3.10. The molecular formula is C23H31N3O2. The number of nitrogens with zero attached hydrogens (tertiary/aromatic N) is 3. The van der Waals surface area contributed by atoms with Gasteiger partial charge in [-0.15, -0.1) is 0 Å². The van der Waals surface area contributed by atoms with Gasteiger partial charge in [-0.3, -0.25) is 4.68 Å². The van der Waals surface area contributed by atoms with Crippen LogP contribution in [0.25, 0.3) is 10.9 Å². The Balaban J connectivity index is 1.73. The van der Waals surface area contributed by atoms with E-state index in [1.807, 2.05) is 19.9 Å². The summed E-state index contributed by atoms with van der Waals surface area (Å²) in [5.41, 5.74) is 3.09. The number of fused-ring (bicyclic) bond motifs is 1. The van der Waals surface area contributed by atoms with Crippen molar-refractivity contribution >= 4 is 16.6 Å². The minimum absolute atomic E-state index is 0.295. The van der Waals surface area contributed by atoms with Crippen LogP contribution in [0.4, 0.5) is 5.69 Å². The van der Waals surface area contributed by atoms with Gasteiger partial charge in [0, 0.05) is 41.7 Å². The third-order valence-corrected chi connectivity index (χ3v) is 6.23. The number of rotatable bonds is 4. The number of benzene rings is 1. The number of aliphatic hydroxyl groups is 2. The predicted octanol–water partition coefficient (Wildman–Crippen LogP) is 4.27. The first-order chi connectivity index (χ1) is 13.4. The maximum atomic E-state index is 10.8. The molecule has 5 heteroatoms. The van der Waals surface area contributed by atoms with Crippen molar-refractivity contribution in [3.63, 3.8) is 0 Å². The summed E-state index contributed by atoms with van der Waals surface area (Å²) in [6, 6.07) is 4.61. The van der Waals surface area contributed by atoms with Crippen molar-refractivity contribution in [3.8, 4) is 0 Å². The number of allylic oxidation sites excluding steroid dienone is 3. The van der Waals surface area contributed by atoms with Gasteiger partial charge in [0.05, 0.1) is 17.2 Å². The number of hydrogen-bond donors (Lipinski definition) is 2. The van der Waals surface area contributed by atoms with Crippen molar-refractivity contribution in [1.82, 2.24) is 9.78 Å². The van der Waals surface area contributed by atoms with E-state index in [9.17, 15) is 10.2 Å². The summed E-state index contributed by atoms with van der Waals surface area (Å²) >= 11 is 0. The van der Waals surface area contributed by atoms with E-state index in [0.717, 1.165) is 54.4 Å². The Morgan fingerprint density at radius 2 is 1.93 bits per heavy atom. The Bertz CT molecular complexity index is 912. The van der Waals surface area contributed by atoms with E-state index in [-0.39, 0.29) is 0 Å².